The van der Waals surface area contributed by atoms with Gasteiger partial charge in [0.25, 0.3) is 11.8 Å². The van der Waals surface area contributed by atoms with E-state index < -0.39 is 11.8 Å². The summed E-state index contributed by atoms with van der Waals surface area (Å²) in [6, 6.07) is 12.2. The summed E-state index contributed by atoms with van der Waals surface area (Å²) in [5, 5.41) is 0.554. The lowest BCUT2D eigenvalue weighted by Crippen LogP contribution is -2.43. The Morgan fingerprint density at radius 1 is 1.08 bits per heavy atom. The Hall–Kier alpha value is -2.05. The summed E-state index contributed by atoms with van der Waals surface area (Å²) < 4.78 is 6.02. The first-order valence-electron chi connectivity index (χ1n) is 7.94. The van der Waals surface area contributed by atoms with E-state index in [1.807, 2.05) is 12.1 Å². The molecular formula is C19H20BrClN2O3. The molecule has 26 heavy (non-hydrogen) atoms. The predicted molar refractivity (Wildman–Crippen MR) is 105 cm³/mol. The largest absolute Gasteiger partial charge is 0.483 e. The third-order valence-corrected chi connectivity index (χ3v) is 4.44. The zero-order valence-electron chi connectivity index (χ0n) is 14.7. The molecule has 138 valence electrons. The molecule has 0 fully saturated rings. The molecule has 0 saturated heterocycles. The van der Waals surface area contributed by atoms with Crippen LogP contribution < -0.4 is 15.6 Å². The zero-order valence-corrected chi connectivity index (χ0v) is 17.1. The molecule has 5 nitrogen and oxygen atoms in total. The van der Waals surface area contributed by atoms with Crippen molar-refractivity contribution in [3.63, 3.8) is 0 Å². The molecule has 0 spiro atoms. The highest BCUT2D eigenvalue weighted by molar-refractivity contribution is 9.10. The number of halogens is 2. The predicted octanol–water partition coefficient (Wildman–Crippen LogP) is 4.24. The highest BCUT2D eigenvalue weighted by Gasteiger charge is 2.14. The van der Waals surface area contributed by atoms with E-state index in [-0.39, 0.29) is 12.0 Å². The number of nitrogens with one attached hydrogen (secondary N) is 2. The lowest BCUT2D eigenvalue weighted by atomic mass is 9.87. The monoisotopic (exact) mass is 438 g/mol. The van der Waals surface area contributed by atoms with E-state index in [4.69, 9.17) is 16.3 Å². The normalized spacial score (nSPS) is 11.0. The molecule has 0 bridgehead atoms. The van der Waals surface area contributed by atoms with Crippen LogP contribution in [0.15, 0.2) is 46.9 Å². The molecule has 2 rings (SSSR count). The SMILES string of the molecule is CC(C)(C)c1ccc(C(=O)NNC(=O)COc2ccc(Cl)cc2Br)cc1. The van der Waals surface area contributed by atoms with Crippen LogP contribution in [-0.4, -0.2) is 18.4 Å². The number of ether oxygens (including phenoxy) is 1. The lowest BCUT2D eigenvalue weighted by Gasteiger charge is -2.19. The Morgan fingerprint density at radius 3 is 2.31 bits per heavy atom. The van der Waals surface area contributed by atoms with Gasteiger partial charge in [-0.25, -0.2) is 0 Å². The smallest absolute Gasteiger partial charge is 0.276 e. The van der Waals surface area contributed by atoms with Crippen molar-refractivity contribution in [3.05, 3.63) is 63.1 Å². The van der Waals surface area contributed by atoms with Crippen LogP contribution in [0.2, 0.25) is 5.02 Å². The fraction of sp³-hybridized carbons (Fsp3) is 0.263. The van der Waals surface area contributed by atoms with Crippen LogP contribution in [0.3, 0.4) is 0 Å². The fourth-order valence-corrected chi connectivity index (χ4v) is 2.89. The maximum absolute atomic E-state index is 12.1. The molecule has 0 heterocycles. The van der Waals surface area contributed by atoms with Gasteiger partial charge in [0, 0.05) is 10.6 Å². The number of hydrogen-bond donors (Lipinski definition) is 2. The Bertz CT molecular complexity index is 801. The third kappa shape index (κ3) is 5.75. The number of hydrazine groups is 1. The molecule has 0 atom stereocenters. The summed E-state index contributed by atoms with van der Waals surface area (Å²) >= 11 is 9.14. The number of benzene rings is 2. The van der Waals surface area contributed by atoms with E-state index in [9.17, 15) is 9.59 Å². The molecule has 0 aliphatic carbocycles. The number of rotatable bonds is 4. The van der Waals surface area contributed by atoms with Gasteiger partial charge in [-0.1, -0.05) is 44.5 Å². The molecule has 0 aromatic heterocycles. The molecular weight excluding hydrogens is 420 g/mol. The van der Waals surface area contributed by atoms with Gasteiger partial charge < -0.3 is 4.74 Å². The molecule has 0 radical (unpaired) electrons. The van der Waals surface area contributed by atoms with Crippen molar-refractivity contribution in [2.75, 3.05) is 6.61 Å². The van der Waals surface area contributed by atoms with E-state index >= 15 is 0 Å². The number of amides is 2. The minimum atomic E-state index is -0.480. The summed E-state index contributed by atoms with van der Waals surface area (Å²) in [5.41, 5.74) is 6.28. The van der Waals surface area contributed by atoms with Crippen LogP contribution in [0, 0.1) is 0 Å². The summed E-state index contributed by atoms with van der Waals surface area (Å²) in [6.07, 6.45) is 0. The van der Waals surface area contributed by atoms with E-state index in [1.54, 1.807) is 30.3 Å². The highest BCUT2D eigenvalue weighted by atomic mass is 79.9. The molecule has 2 amide bonds. The van der Waals surface area contributed by atoms with Crippen molar-refractivity contribution >= 4 is 39.3 Å². The van der Waals surface area contributed by atoms with Crippen LogP contribution in [-0.2, 0) is 10.2 Å². The molecule has 7 heteroatoms. The maximum Gasteiger partial charge on any atom is 0.276 e. The van der Waals surface area contributed by atoms with Crippen molar-refractivity contribution in [2.45, 2.75) is 26.2 Å². The van der Waals surface area contributed by atoms with Crippen LogP contribution in [0.5, 0.6) is 5.75 Å². The first-order valence-corrected chi connectivity index (χ1v) is 9.11. The van der Waals surface area contributed by atoms with Gasteiger partial charge in [-0.3, -0.25) is 20.4 Å². The van der Waals surface area contributed by atoms with Crippen LogP contribution in [0.4, 0.5) is 0 Å². The van der Waals surface area contributed by atoms with Crippen LogP contribution in [0.1, 0.15) is 36.7 Å². The molecule has 2 aromatic carbocycles. The van der Waals surface area contributed by atoms with Crippen molar-refractivity contribution in [1.29, 1.82) is 0 Å². The minimum absolute atomic E-state index is 0.0104. The molecule has 0 unspecified atom stereocenters. The average molecular weight is 440 g/mol. The van der Waals surface area contributed by atoms with Gasteiger partial charge >= 0.3 is 0 Å². The van der Waals surface area contributed by atoms with E-state index in [0.29, 0.717) is 20.8 Å². The van der Waals surface area contributed by atoms with Gasteiger partial charge in [0.2, 0.25) is 0 Å². The molecule has 0 aliphatic heterocycles. The minimum Gasteiger partial charge on any atom is -0.483 e. The summed E-state index contributed by atoms with van der Waals surface area (Å²) in [6.45, 7) is 6.05. The van der Waals surface area contributed by atoms with Gasteiger partial charge in [-0.15, -0.1) is 0 Å². The van der Waals surface area contributed by atoms with Gasteiger partial charge in [0.15, 0.2) is 6.61 Å². The van der Waals surface area contributed by atoms with Gasteiger partial charge in [-0.05, 0) is 57.2 Å². The number of carbonyl (C=O) groups excluding carboxylic acids is 2. The lowest BCUT2D eigenvalue weighted by molar-refractivity contribution is -0.123. The second kappa shape index (κ2) is 8.56. The van der Waals surface area contributed by atoms with Crippen LogP contribution in [0.25, 0.3) is 0 Å². The highest BCUT2D eigenvalue weighted by Crippen LogP contribution is 2.27. The second-order valence-electron chi connectivity index (χ2n) is 6.69. The van der Waals surface area contributed by atoms with Crippen molar-refractivity contribution in [2.24, 2.45) is 0 Å². The molecule has 0 aliphatic rings. The van der Waals surface area contributed by atoms with Gasteiger partial charge in [0.05, 0.1) is 4.47 Å². The Kier molecular flexibility index (Phi) is 6.67. The van der Waals surface area contributed by atoms with Crippen molar-refractivity contribution in [1.82, 2.24) is 10.9 Å². The Morgan fingerprint density at radius 2 is 1.73 bits per heavy atom. The quantitative estimate of drug-likeness (QED) is 0.700. The molecule has 2 aromatic rings. The number of carbonyl (C=O) groups is 2. The van der Waals surface area contributed by atoms with E-state index in [0.717, 1.165) is 5.56 Å². The summed E-state index contributed by atoms with van der Waals surface area (Å²) in [4.78, 5) is 23.9. The Labute approximate surface area is 166 Å². The fourth-order valence-electron chi connectivity index (χ4n) is 2.09. The second-order valence-corrected chi connectivity index (χ2v) is 7.98. The van der Waals surface area contributed by atoms with Crippen molar-refractivity contribution < 1.29 is 14.3 Å². The number of hydrogen-bond acceptors (Lipinski definition) is 3. The van der Waals surface area contributed by atoms with Crippen LogP contribution >= 0.6 is 27.5 Å². The topological polar surface area (TPSA) is 67.4 Å². The Balaban J connectivity index is 1.84. The maximum atomic E-state index is 12.1. The van der Waals surface area contributed by atoms with Gasteiger partial charge in [0.1, 0.15) is 5.75 Å². The molecule has 2 N–H and O–H groups in total. The average Bonchev–Trinajstić information content (AvgIpc) is 2.58. The first kappa shape index (κ1) is 20.3. The standard InChI is InChI=1S/C19H20BrClN2O3/c1-19(2,3)13-6-4-12(5-7-13)18(25)23-22-17(24)11-26-16-9-8-14(21)10-15(16)20/h4-10H,11H2,1-3H3,(H,22,24)(H,23,25). The summed E-state index contributed by atoms with van der Waals surface area (Å²) in [7, 11) is 0. The zero-order chi connectivity index (χ0) is 19.3. The van der Waals surface area contributed by atoms with E-state index in [1.165, 1.54) is 0 Å². The molecule has 0 saturated carbocycles. The summed E-state index contributed by atoms with van der Waals surface area (Å²) in [5.74, 6) is -0.397. The van der Waals surface area contributed by atoms with E-state index in [2.05, 4.69) is 47.6 Å². The van der Waals surface area contributed by atoms with Gasteiger partial charge in [-0.2, -0.15) is 0 Å². The first-order chi connectivity index (χ1) is 12.2. The third-order valence-electron chi connectivity index (χ3n) is 3.58. The van der Waals surface area contributed by atoms with Crippen molar-refractivity contribution in [3.8, 4) is 5.75 Å².